The Balaban J connectivity index is 0.00000392. The van der Waals surface area contributed by atoms with Crippen molar-refractivity contribution in [3.63, 3.8) is 0 Å². The van der Waals surface area contributed by atoms with Gasteiger partial charge in [-0.25, -0.2) is 4.99 Å². The largest absolute Gasteiger partial charge is 0.493 e. The van der Waals surface area contributed by atoms with E-state index in [2.05, 4.69) is 31.6 Å². The monoisotopic (exact) mass is 568 g/mol. The number of hydrogen-bond donors (Lipinski definition) is 2. The molecule has 1 amide bonds. The summed E-state index contributed by atoms with van der Waals surface area (Å²) in [6, 6.07) is 3.91. The van der Waals surface area contributed by atoms with Crippen molar-refractivity contribution in [1.29, 1.82) is 0 Å². The summed E-state index contributed by atoms with van der Waals surface area (Å²) in [5.41, 5.74) is 1.01. The van der Waals surface area contributed by atoms with Gasteiger partial charge in [0, 0.05) is 32.6 Å². The van der Waals surface area contributed by atoms with Crippen LogP contribution in [0.2, 0.25) is 0 Å². The maximum atomic E-state index is 11.6. The second-order valence-corrected chi connectivity index (χ2v) is 7.13. The molecule has 1 aliphatic rings. The van der Waals surface area contributed by atoms with E-state index in [0.717, 1.165) is 55.0 Å². The first-order chi connectivity index (χ1) is 13.1. The van der Waals surface area contributed by atoms with Gasteiger partial charge in [-0.15, -0.1) is 24.0 Å². The van der Waals surface area contributed by atoms with E-state index in [1.807, 2.05) is 24.0 Å². The van der Waals surface area contributed by atoms with Gasteiger partial charge in [-0.1, -0.05) is 0 Å². The summed E-state index contributed by atoms with van der Waals surface area (Å²) in [5.74, 6) is 2.38. The average molecular weight is 569 g/mol. The van der Waals surface area contributed by atoms with Crippen LogP contribution in [0.5, 0.6) is 11.5 Å². The minimum atomic E-state index is 0. The molecule has 9 heteroatoms. The lowest BCUT2D eigenvalue weighted by Crippen LogP contribution is -2.39. The predicted octanol–water partition coefficient (Wildman–Crippen LogP) is 3.15. The SMILES string of the molecule is CCNC(=NCc1cc(Br)c(OC)c(OC)c1)NCCCN1CCCC1=O.I. The molecule has 0 bridgehead atoms. The number of rotatable bonds is 9. The minimum Gasteiger partial charge on any atom is -0.493 e. The first-order valence-corrected chi connectivity index (χ1v) is 10.1. The Morgan fingerprint density at radius 1 is 1.29 bits per heavy atom. The van der Waals surface area contributed by atoms with Crippen molar-refractivity contribution in [2.24, 2.45) is 4.99 Å². The van der Waals surface area contributed by atoms with Crippen LogP contribution in [0.4, 0.5) is 0 Å². The van der Waals surface area contributed by atoms with Crippen molar-refractivity contribution in [3.8, 4) is 11.5 Å². The van der Waals surface area contributed by atoms with E-state index in [1.54, 1.807) is 14.2 Å². The molecular weight excluding hydrogens is 539 g/mol. The van der Waals surface area contributed by atoms with E-state index in [-0.39, 0.29) is 29.9 Å². The van der Waals surface area contributed by atoms with Gasteiger partial charge in [0.15, 0.2) is 17.5 Å². The Morgan fingerprint density at radius 2 is 2.07 bits per heavy atom. The van der Waals surface area contributed by atoms with E-state index in [4.69, 9.17) is 9.47 Å². The number of nitrogens with one attached hydrogen (secondary N) is 2. The average Bonchev–Trinajstić information content (AvgIpc) is 3.07. The highest BCUT2D eigenvalue weighted by Crippen LogP contribution is 2.36. The Kier molecular flexibility index (Phi) is 11.6. The van der Waals surface area contributed by atoms with Crippen LogP contribution in [-0.4, -0.2) is 57.2 Å². The Bertz CT molecular complexity index is 673. The molecule has 28 heavy (non-hydrogen) atoms. The number of amides is 1. The molecule has 1 heterocycles. The van der Waals surface area contributed by atoms with Gasteiger partial charge in [-0.2, -0.15) is 0 Å². The van der Waals surface area contributed by atoms with Crippen molar-refractivity contribution in [2.75, 3.05) is 40.4 Å². The number of ether oxygens (including phenoxy) is 2. The van der Waals surface area contributed by atoms with Crippen LogP contribution in [0, 0.1) is 0 Å². The topological polar surface area (TPSA) is 75.2 Å². The summed E-state index contributed by atoms with van der Waals surface area (Å²) in [6.07, 6.45) is 2.58. The molecule has 1 aliphatic heterocycles. The molecule has 158 valence electrons. The number of carbonyl (C=O) groups excluding carboxylic acids is 1. The Morgan fingerprint density at radius 3 is 2.68 bits per heavy atom. The number of hydrogen-bond acceptors (Lipinski definition) is 4. The predicted molar refractivity (Wildman–Crippen MR) is 126 cm³/mol. The molecule has 0 radical (unpaired) electrons. The van der Waals surface area contributed by atoms with Crippen molar-refractivity contribution < 1.29 is 14.3 Å². The van der Waals surface area contributed by atoms with Crippen molar-refractivity contribution in [2.45, 2.75) is 32.7 Å². The van der Waals surface area contributed by atoms with Crippen LogP contribution in [0.15, 0.2) is 21.6 Å². The zero-order chi connectivity index (χ0) is 19.6. The van der Waals surface area contributed by atoms with Gasteiger partial charge in [-0.05, 0) is 53.4 Å². The smallest absolute Gasteiger partial charge is 0.222 e. The van der Waals surface area contributed by atoms with Crippen LogP contribution in [0.3, 0.4) is 0 Å². The number of guanidine groups is 1. The molecule has 0 atom stereocenters. The van der Waals surface area contributed by atoms with Gasteiger partial charge in [-0.3, -0.25) is 4.79 Å². The van der Waals surface area contributed by atoms with E-state index < -0.39 is 0 Å². The fourth-order valence-corrected chi connectivity index (χ4v) is 3.64. The number of aliphatic imine (C=N–C) groups is 1. The zero-order valence-corrected chi connectivity index (χ0v) is 20.6. The first-order valence-electron chi connectivity index (χ1n) is 9.29. The lowest BCUT2D eigenvalue weighted by molar-refractivity contribution is -0.127. The van der Waals surface area contributed by atoms with Gasteiger partial charge in [0.1, 0.15) is 0 Å². The lowest BCUT2D eigenvalue weighted by atomic mass is 10.2. The summed E-state index contributed by atoms with van der Waals surface area (Å²) < 4.78 is 11.6. The second kappa shape index (κ2) is 13.1. The molecule has 7 nitrogen and oxygen atoms in total. The Hall–Kier alpha value is -1.23. The third-order valence-corrected chi connectivity index (χ3v) is 4.91. The van der Waals surface area contributed by atoms with Crippen molar-refractivity contribution in [1.82, 2.24) is 15.5 Å². The molecule has 0 unspecified atom stereocenters. The highest BCUT2D eigenvalue weighted by atomic mass is 127. The third-order valence-electron chi connectivity index (χ3n) is 4.33. The maximum absolute atomic E-state index is 11.6. The highest BCUT2D eigenvalue weighted by molar-refractivity contribution is 14.0. The van der Waals surface area contributed by atoms with Crippen molar-refractivity contribution in [3.05, 3.63) is 22.2 Å². The summed E-state index contributed by atoms with van der Waals surface area (Å²) in [4.78, 5) is 18.2. The molecule has 1 fully saturated rings. The molecule has 1 saturated heterocycles. The van der Waals surface area contributed by atoms with Crippen molar-refractivity contribution >= 4 is 51.8 Å². The molecule has 1 aromatic carbocycles. The molecule has 0 saturated carbocycles. The van der Waals surface area contributed by atoms with E-state index >= 15 is 0 Å². The second-order valence-electron chi connectivity index (χ2n) is 6.27. The van der Waals surface area contributed by atoms with E-state index in [1.165, 1.54) is 0 Å². The van der Waals surface area contributed by atoms with Crippen LogP contribution >= 0.6 is 39.9 Å². The molecule has 1 aromatic rings. The third kappa shape index (κ3) is 7.31. The molecular formula is C19H30BrIN4O3. The number of methoxy groups -OCH3 is 2. The maximum Gasteiger partial charge on any atom is 0.222 e. The molecule has 0 spiro atoms. The highest BCUT2D eigenvalue weighted by Gasteiger charge is 2.18. The fourth-order valence-electron chi connectivity index (χ4n) is 2.99. The fraction of sp³-hybridized carbons (Fsp3) is 0.579. The number of carbonyl (C=O) groups is 1. The normalized spacial score (nSPS) is 13.9. The van der Waals surface area contributed by atoms with Crippen LogP contribution in [-0.2, 0) is 11.3 Å². The summed E-state index contributed by atoms with van der Waals surface area (Å²) in [5, 5.41) is 6.58. The lowest BCUT2D eigenvalue weighted by Gasteiger charge is -2.16. The zero-order valence-electron chi connectivity index (χ0n) is 16.7. The van der Waals surface area contributed by atoms with Gasteiger partial charge in [0.25, 0.3) is 0 Å². The standard InChI is InChI=1S/C19H29BrN4O3.HI/c1-4-21-19(22-8-6-10-24-9-5-7-17(24)25)23-13-14-11-15(20)18(27-3)16(12-14)26-2;/h11-12H,4-10,13H2,1-3H3,(H2,21,22,23);1H. The number of nitrogens with zero attached hydrogens (tertiary/aromatic N) is 2. The number of halogens is 2. The molecule has 2 rings (SSSR count). The minimum absolute atomic E-state index is 0. The summed E-state index contributed by atoms with van der Waals surface area (Å²) >= 11 is 3.51. The van der Waals surface area contributed by atoms with Gasteiger partial charge in [0.05, 0.1) is 25.2 Å². The Labute approximate surface area is 192 Å². The number of likely N-dealkylation sites (tertiary alicyclic amines) is 1. The van der Waals surface area contributed by atoms with Crippen LogP contribution in [0.1, 0.15) is 31.7 Å². The first kappa shape index (κ1) is 24.8. The molecule has 0 aliphatic carbocycles. The van der Waals surface area contributed by atoms with Crippen LogP contribution < -0.4 is 20.1 Å². The summed E-state index contributed by atoms with van der Waals surface area (Å²) in [7, 11) is 3.23. The van der Waals surface area contributed by atoms with Gasteiger partial charge < -0.3 is 25.0 Å². The van der Waals surface area contributed by atoms with E-state index in [9.17, 15) is 4.79 Å². The van der Waals surface area contributed by atoms with Crippen LogP contribution in [0.25, 0.3) is 0 Å². The molecule has 2 N–H and O–H groups in total. The number of benzene rings is 1. The quantitative estimate of drug-likeness (QED) is 0.207. The van der Waals surface area contributed by atoms with E-state index in [0.29, 0.717) is 24.5 Å². The summed E-state index contributed by atoms with van der Waals surface area (Å²) in [6.45, 7) is 5.79. The van der Waals surface area contributed by atoms with Gasteiger partial charge >= 0.3 is 0 Å². The van der Waals surface area contributed by atoms with Gasteiger partial charge in [0.2, 0.25) is 5.91 Å². The molecule has 0 aromatic heterocycles.